The fourth-order valence-electron chi connectivity index (χ4n) is 1.57. The van der Waals surface area contributed by atoms with E-state index in [2.05, 4.69) is 37.4 Å². The van der Waals surface area contributed by atoms with E-state index in [1.54, 1.807) is 0 Å². The summed E-state index contributed by atoms with van der Waals surface area (Å²) in [6.45, 7) is 9.49. The molecule has 0 spiro atoms. The largest absolute Gasteiger partial charge is 0.301 e. The summed E-state index contributed by atoms with van der Waals surface area (Å²) < 4.78 is 0. The minimum Gasteiger partial charge on any atom is -0.301 e. The highest BCUT2D eigenvalue weighted by atomic mass is 32.2. The van der Waals surface area contributed by atoms with Crippen LogP contribution in [-0.4, -0.2) is 35.5 Å². The van der Waals surface area contributed by atoms with Crippen molar-refractivity contribution in [1.82, 2.24) is 4.90 Å². The molecule has 1 aliphatic rings. The smallest absolute Gasteiger partial charge is 0.00387 e. The third-order valence-electron chi connectivity index (χ3n) is 2.44. The molecule has 0 radical (unpaired) electrons. The number of thioether (sulfide) groups is 1. The molecule has 0 unspecified atom stereocenters. The van der Waals surface area contributed by atoms with E-state index in [9.17, 15) is 0 Å². The number of hydrogen-bond donors (Lipinski definition) is 0. The fraction of sp³-hybridized carbons (Fsp3) is 1.00. The molecule has 0 aromatic heterocycles. The molecule has 1 aliphatic heterocycles. The van der Waals surface area contributed by atoms with Crippen LogP contribution in [0.5, 0.6) is 0 Å². The maximum Gasteiger partial charge on any atom is 0.00387 e. The van der Waals surface area contributed by atoms with Crippen LogP contribution in [0.1, 0.15) is 27.2 Å². The molecular formula is C10H21NS. The molecule has 0 bridgehead atoms. The molecule has 0 N–H and O–H groups in total. The predicted molar refractivity (Wildman–Crippen MR) is 57.8 cm³/mol. The topological polar surface area (TPSA) is 3.24 Å². The van der Waals surface area contributed by atoms with Gasteiger partial charge in [-0.15, -0.1) is 0 Å². The highest BCUT2D eigenvalue weighted by molar-refractivity contribution is 8.00. The van der Waals surface area contributed by atoms with Gasteiger partial charge >= 0.3 is 0 Å². The van der Waals surface area contributed by atoms with E-state index in [-0.39, 0.29) is 0 Å². The average molecular weight is 187 g/mol. The van der Waals surface area contributed by atoms with Gasteiger partial charge in [0.15, 0.2) is 0 Å². The van der Waals surface area contributed by atoms with Crippen molar-refractivity contribution in [3.8, 4) is 0 Å². The SMILES string of the molecule is CCCN(CC1CSC1)C(C)C. The quantitative estimate of drug-likeness (QED) is 0.650. The molecule has 72 valence electrons. The normalized spacial score (nSPS) is 18.8. The highest BCUT2D eigenvalue weighted by Crippen LogP contribution is 2.25. The highest BCUT2D eigenvalue weighted by Gasteiger charge is 2.21. The third-order valence-corrected chi connectivity index (χ3v) is 3.86. The Morgan fingerprint density at radius 3 is 2.42 bits per heavy atom. The van der Waals surface area contributed by atoms with Crippen molar-refractivity contribution in [1.29, 1.82) is 0 Å². The van der Waals surface area contributed by atoms with Crippen molar-refractivity contribution in [3.05, 3.63) is 0 Å². The van der Waals surface area contributed by atoms with Crippen LogP contribution < -0.4 is 0 Å². The monoisotopic (exact) mass is 187 g/mol. The van der Waals surface area contributed by atoms with Gasteiger partial charge in [-0.25, -0.2) is 0 Å². The molecule has 0 aromatic carbocycles. The molecule has 1 saturated heterocycles. The van der Waals surface area contributed by atoms with E-state index in [1.165, 1.54) is 31.0 Å². The summed E-state index contributed by atoms with van der Waals surface area (Å²) >= 11 is 2.09. The second kappa shape index (κ2) is 5.13. The molecule has 0 aromatic rings. The maximum atomic E-state index is 2.62. The molecule has 0 aliphatic carbocycles. The second-order valence-corrected chi connectivity index (χ2v) is 5.07. The van der Waals surface area contributed by atoms with Crippen LogP contribution in [-0.2, 0) is 0 Å². The fourth-order valence-corrected chi connectivity index (χ4v) is 2.35. The molecule has 1 nitrogen and oxygen atoms in total. The standard InChI is InChI=1S/C10H21NS/c1-4-5-11(9(2)3)6-10-7-12-8-10/h9-10H,4-8H2,1-3H3. The number of rotatable bonds is 5. The summed E-state index contributed by atoms with van der Waals surface area (Å²) in [6.07, 6.45) is 1.29. The Bertz CT molecular complexity index is 121. The van der Waals surface area contributed by atoms with Gasteiger partial charge in [-0.2, -0.15) is 11.8 Å². The van der Waals surface area contributed by atoms with Crippen LogP contribution >= 0.6 is 11.8 Å². The first-order chi connectivity index (χ1) is 5.74. The predicted octanol–water partition coefficient (Wildman–Crippen LogP) is 2.47. The molecule has 12 heavy (non-hydrogen) atoms. The van der Waals surface area contributed by atoms with Crippen LogP contribution in [0.4, 0.5) is 0 Å². The average Bonchev–Trinajstić information content (AvgIpc) is 1.93. The van der Waals surface area contributed by atoms with Crippen LogP contribution in [0.2, 0.25) is 0 Å². The lowest BCUT2D eigenvalue weighted by atomic mass is 10.1. The van der Waals surface area contributed by atoms with E-state index in [4.69, 9.17) is 0 Å². The summed E-state index contributed by atoms with van der Waals surface area (Å²) in [5, 5.41) is 0. The van der Waals surface area contributed by atoms with Crippen molar-refractivity contribution in [3.63, 3.8) is 0 Å². The van der Waals surface area contributed by atoms with Crippen molar-refractivity contribution in [2.45, 2.75) is 33.2 Å². The lowest BCUT2D eigenvalue weighted by Crippen LogP contribution is -2.39. The van der Waals surface area contributed by atoms with Crippen molar-refractivity contribution in [2.24, 2.45) is 5.92 Å². The molecule has 0 atom stereocenters. The summed E-state index contributed by atoms with van der Waals surface area (Å²) in [6, 6.07) is 0.732. The third kappa shape index (κ3) is 2.98. The molecule has 0 amide bonds. The zero-order valence-electron chi connectivity index (χ0n) is 8.55. The molecule has 1 heterocycles. The summed E-state index contributed by atoms with van der Waals surface area (Å²) in [4.78, 5) is 2.62. The lowest BCUT2D eigenvalue weighted by molar-refractivity contribution is 0.197. The molecular weight excluding hydrogens is 166 g/mol. The first-order valence-corrected chi connectivity index (χ1v) is 6.21. The van der Waals surface area contributed by atoms with Gasteiger partial charge in [-0.3, -0.25) is 0 Å². The Kier molecular flexibility index (Phi) is 4.44. The summed E-state index contributed by atoms with van der Waals surface area (Å²) in [7, 11) is 0. The second-order valence-electron chi connectivity index (χ2n) is 3.99. The maximum absolute atomic E-state index is 2.62. The van der Waals surface area contributed by atoms with E-state index in [0.717, 1.165) is 12.0 Å². The summed E-state index contributed by atoms with van der Waals surface area (Å²) in [5.74, 6) is 3.78. The Morgan fingerprint density at radius 2 is 2.08 bits per heavy atom. The molecule has 2 heteroatoms. The minimum atomic E-state index is 0.732. The van der Waals surface area contributed by atoms with Gasteiger partial charge in [0.2, 0.25) is 0 Å². The zero-order valence-corrected chi connectivity index (χ0v) is 9.36. The minimum absolute atomic E-state index is 0.732. The zero-order chi connectivity index (χ0) is 8.97. The van der Waals surface area contributed by atoms with Crippen LogP contribution in [0.3, 0.4) is 0 Å². The molecule has 0 saturated carbocycles. The van der Waals surface area contributed by atoms with Gasteiger partial charge in [-0.1, -0.05) is 6.92 Å². The Balaban J connectivity index is 2.21. The first-order valence-electron chi connectivity index (χ1n) is 5.05. The van der Waals surface area contributed by atoms with Gasteiger partial charge in [0, 0.05) is 12.6 Å². The Hall–Kier alpha value is 0.310. The van der Waals surface area contributed by atoms with Gasteiger partial charge in [0.05, 0.1) is 0 Å². The first kappa shape index (κ1) is 10.4. The van der Waals surface area contributed by atoms with Gasteiger partial charge < -0.3 is 4.90 Å². The van der Waals surface area contributed by atoms with E-state index < -0.39 is 0 Å². The molecule has 1 fully saturated rings. The Morgan fingerprint density at radius 1 is 1.42 bits per heavy atom. The van der Waals surface area contributed by atoms with Crippen molar-refractivity contribution in [2.75, 3.05) is 24.6 Å². The van der Waals surface area contributed by atoms with Gasteiger partial charge in [-0.05, 0) is 44.2 Å². The number of nitrogens with zero attached hydrogens (tertiary/aromatic N) is 1. The van der Waals surface area contributed by atoms with Crippen LogP contribution in [0.15, 0.2) is 0 Å². The van der Waals surface area contributed by atoms with Gasteiger partial charge in [0.25, 0.3) is 0 Å². The van der Waals surface area contributed by atoms with E-state index in [1.807, 2.05) is 0 Å². The summed E-state index contributed by atoms with van der Waals surface area (Å²) in [5.41, 5.74) is 0. The number of hydrogen-bond acceptors (Lipinski definition) is 2. The van der Waals surface area contributed by atoms with Crippen molar-refractivity contribution < 1.29 is 0 Å². The molecule has 1 rings (SSSR count). The van der Waals surface area contributed by atoms with E-state index in [0.29, 0.717) is 0 Å². The Labute approximate surface area is 80.9 Å². The van der Waals surface area contributed by atoms with Crippen LogP contribution in [0.25, 0.3) is 0 Å². The van der Waals surface area contributed by atoms with E-state index >= 15 is 0 Å². The van der Waals surface area contributed by atoms with Crippen molar-refractivity contribution >= 4 is 11.8 Å². The lowest BCUT2D eigenvalue weighted by Gasteiger charge is -2.34. The van der Waals surface area contributed by atoms with Gasteiger partial charge in [0.1, 0.15) is 0 Å². The van der Waals surface area contributed by atoms with Crippen LogP contribution in [0, 0.1) is 5.92 Å².